The number of ether oxygens (including phenoxy) is 9. The van der Waals surface area contributed by atoms with Crippen LogP contribution in [-0.4, -0.2) is 133 Å². The smallest absolute Gasteiger partial charge is 0.172 e. The van der Waals surface area contributed by atoms with Crippen LogP contribution in [0, 0.1) is 11.8 Å². The summed E-state index contributed by atoms with van der Waals surface area (Å²) >= 11 is 0. The van der Waals surface area contributed by atoms with Crippen molar-refractivity contribution >= 4 is 5.78 Å². The number of ketones is 1. The van der Waals surface area contributed by atoms with Gasteiger partial charge in [0.15, 0.2) is 5.79 Å². The topological polar surface area (TPSA) is 141 Å². The van der Waals surface area contributed by atoms with E-state index in [9.17, 15) is 15.0 Å². The van der Waals surface area contributed by atoms with Crippen molar-refractivity contribution in [2.24, 2.45) is 11.8 Å². The molecule has 0 radical (unpaired) electrons. The van der Waals surface area contributed by atoms with Gasteiger partial charge in [-0.15, -0.1) is 0 Å². The number of fused-ring (bicyclic) bond motifs is 6. The molecule has 2 unspecified atom stereocenters. The van der Waals surface area contributed by atoms with Crippen LogP contribution in [0.2, 0.25) is 0 Å². The van der Waals surface area contributed by atoms with E-state index < -0.39 is 24.1 Å². The molecule has 12 nitrogen and oxygen atoms in total. The maximum absolute atomic E-state index is 14.0. The van der Waals surface area contributed by atoms with Crippen molar-refractivity contribution in [3.8, 4) is 0 Å². The quantitative estimate of drug-likeness (QED) is 0.410. The molecule has 10 heterocycles. The number of aliphatic hydroxyl groups is 2. The SMILES string of the molecule is C=C1C[C@@H]2CC[C@@]34CC5O[C@@H]6C(O[C@H]7CC[C@H](CC(=O)C[C@@H]8[C@@H](OC)[C@@H](C[C@H](O)CO)O[C@H]8C[C@H]8O[C@@H](CC[C@@H]1O2)C[C@@H](C)C8=C)O[C@@H]7[C@@H]6O3)[C@H]5O4. The second-order valence-corrected chi connectivity index (χ2v) is 17.4. The minimum Gasteiger partial charge on any atom is -0.394 e. The van der Waals surface area contributed by atoms with Crippen molar-refractivity contribution in [3.05, 3.63) is 24.3 Å². The molecule has 1 spiro atoms. The standard InChI is InChI=1S/C40H58O12/c1-19-11-24-5-7-28-20(2)12-26(45-28)9-10-40-17-33-36(51-40)37-38(50-33)39(52-40)35-29(49-37)8-6-25(47-35)13-22(42)14-27-31(16-30(46-24)21(19)3)48-32(34(27)44-4)15-23(43)18-41/h19,23-39,41,43H,2-3,5-18H2,1,4H3/t19-,23+,24+,25-,26+,27+,28+,29+,30-,31+,32-,33?,34-,35+,36+,37?,38-,39+,40+/m1/s1. The van der Waals surface area contributed by atoms with E-state index in [1.54, 1.807) is 7.11 Å². The minimum atomic E-state index is -0.951. The minimum absolute atomic E-state index is 0.0260. The van der Waals surface area contributed by atoms with Crippen molar-refractivity contribution < 1.29 is 57.6 Å². The Morgan fingerprint density at radius 1 is 0.788 bits per heavy atom. The second kappa shape index (κ2) is 14.3. The zero-order valence-corrected chi connectivity index (χ0v) is 30.7. The molecule has 12 bridgehead atoms. The number of hydrogen-bond donors (Lipinski definition) is 2. The summed E-state index contributed by atoms with van der Waals surface area (Å²) < 4.78 is 59.8. The molecule has 290 valence electrons. The molecule has 10 fully saturated rings. The summed E-state index contributed by atoms with van der Waals surface area (Å²) in [6.45, 7) is 10.7. The fourth-order valence-corrected chi connectivity index (χ4v) is 11.3. The number of carbonyl (C=O) groups excluding carboxylic acids is 1. The number of hydrogen-bond acceptors (Lipinski definition) is 12. The van der Waals surface area contributed by atoms with E-state index in [-0.39, 0.29) is 123 Å². The molecule has 10 aliphatic heterocycles. The third-order valence-electron chi connectivity index (χ3n) is 13.9. The Bertz CT molecular complexity index is 1370. The normalized spacial score (nSPS) is 52.4. The van der Waals surface area contributed by atoms with Crippen molar-refractivity contribution in [3.63, 3.8) is 0 Å². The Morgan fingerprint density at radius 2 is 1.54 bits per heavy atom. The lowest BCUT2D eigenvalue weighted by Gasteiger charge is -2.47. The molecule has 0 aromatic rings. The second-order valence-electron chi connectivity index (χ2n) is 17.4. The van der Waals surface area contributed by atoms with Crippen LogP contribution in [0.3, 0.4) is 0 Å². The Kier molecular flexibility index (Phi) is 10.0. The summed E-state index contributed by atoms with van der Waals surface area (Å²) in [5.41, 5.74) is 2.17. The zero-order valence-electron chi connectivity index (χ0n) is 30.7. The van der Waals surface area contributed by atoms with E-state index in [4.69, 9.17) is 42.6 Å². The zero-order chi connectivity index (χ0) is 35.9. The summed E-state index contributed by atoms with van der Waals surface area (Å²) in [4.78, 5) is 14.0. The van der Waals surface area contributed by atoms with Crippen LogP contribution in [0.5, 0.6) is 0 Å². The van der Waals surface area contributed by atoms with Gasteiger partial charge in [-0.05, 0) is 62.0 Å². The van der Waals surface area contributed by atoms with Gasteiger partial charge < -0.3 is 52.8 Å². The number of Topliss-reactive ketones (excluding diaryl/α,β-unsaturated/α-hetero) is 1. The largest absolute Gasteiger partial charge is 0.394 e. The molecule has 2 N–H and O–H groups in total. The summed E-state index contributed by atoms with van der Waals surface area (Å²) in [6.07, 6.45) is 4.01. The first-order valence-electron chi connectivity index (χ1n) is 20.1. The molecule has 0 saturated carbocycles. The predicted octanol–water partition coefficient (Wildman–Crippen LogP) is 3.47. The first-order chi connectivity index (χ1) is 25.1. The van der Waals surface area contributed by atoms with Gasteiger partial charge in [-0.25, -0.2) is 0 Å². The van der Waals surface area contributed by atoms with Crippen molar-refractivity contribution in [1.82, 2.24) is 0 Å². The highest BCUT2D eigenvalue weighted by molar-refractivity contribution is 5.79. The Labute approximate surface area is 306 Å². The third kappa shape index (κ3) is 6.59. The highest BCUT2D eigenvalue weighted by Gasteiger charge is 2.68. The highest BCUT2D eigenvalue weighted by atomic mass is 16.8. The fourth-order valence-electron chi connectivity index (χ4n) is 11.3. The number of carbonyl (C=O) groups is 1. The average Bonchev–Trinajstić information content (AvgIpc) is 3.79. The van der Waals surface area contributed by atoms with Crippen LogP contribution < -0.4 is 0 Å². The lowest BCUT2D eigenvalue weighted by molar-refractivity contribution is -0.292. The van der Waals surface area contributed by atoms with Crippen LogP contribution in [-0.2, 0) is 47.4 Å². The predicted molar refractivity (Wildman–Crippen MR) is 184 cm³/mol. The van der Waals surface area contributed by atoms with Crippen molar-refractivity contribution in [2.45, 2.75) is 194 Å². The molecule has 0 aromatic heterocycles. The van der Waals surface area contributed by atoms with Gasteiger partial charge >= 0.3 is 0 Å². The third-order valence-corrected chi connectivity index (χ3v) is 13.9. The maximum Gasteiger partial charge on any atom is 0.172 e. The van der Waals surface area contributed by atoms with Crippen molar-refractivity contribution in [2.75, 3.05) is 13.7 Å². The first-order valence-corrected chi connectivity index (χ1v) is 20.1. The Balaban J connectivity index is 0.994. The molecule has 0 aliphatic carbocycles. The lowest BCUT2D eigenvalue weighted by Crippen LogP contribution is -2.61. The molecule has 10 aliphatic rings. The number of rotatable bonds is 4. The van der Waals surface area contributed by atoms with E-state index in [0.29, 0.717) is 25.7 Å². The van der Waals surface area contributed by atoms with Gasteiger partial charge in [-0.3, -0.25) is 4.79 Å². The molecule has 19 atom stereocenters. The molecule has 52 heavy (non-hydrogen) atoms. The van der Waals surface area contributed by atoms with Gasteiger partial charge in [0.05, 0.1) is 73.8 Å². The summed E-state index contributed by atoms with van der Waals surface area (Å²) in [7, 11) is 1.63. The van der Waals surface area contributed by atoms with Gasteiger partial charge in [0.2, 0.25) is 0 Å². The van der Waals surface area contributed by atoms with E-state index in [1.165, 1.54) is 0 Å². The van der Waals surface area contributed by atoms with E-state index in [1.807, 2.05) is 0 Å². The Morgan fingerprint density at radius 3 is 2.37 bits per heavy atom. The summed E-state index contributed by atoms with van der Waals surface area (Å²) in [6, 6.07) is 0. The number of aliphatic hydroxyl groups excluding tert-OH is 2. The lowest BCUT2D eigenvalue weighted by atomic mass is 9.81. The molecule has 0 amide bonds. The van der Waals surface area contributed by atoms with Gasteiger partial charge in [-0.2, -0.15) is 0 Å². The number of methoxy groups -OCH3 is 1. The van der Waals surface area contributed by atoms with E-state index in [2.05, 4.69) is 20.1 Å². The summed E-state index contributed by atoms with van der Waals surface area (Å²) in [5.74, 6) is -0.709. The van der Waals surface area contributed by atoms with Crippen LogP contribution in [0.1, 0.15) is 90.4 Å². The molecular formula is C40H58O12. The fraction of sp³-hybridized carbons (Fsp3) is 0.875. The molecule has 10 rings (SSSR count). The van der Waals surface area contributed by atoms with Crippen LogP contribution in [0.15, 0.2) is 24.3 Å². The van der Waals surface area contributed by atoms with Crippen LogP contribution in [0.25, 0.3) is 0 Å². The van der Waals surface area contributed by atoms with Gasteiger partial charge in [0, 0.05) is 51.6 Å². The summed E-state index contributed by atoms with van der Waals surface area (Å²) in [5, 5.41) is 20.1. The first kappa shape index (κ1) is 36.4. The maximum atomic E-state index is 14.0. The van der Waals surface area contributed by atoms with E-state index in [0.717, 1.165) is 49.7 Å². The molecule has 0 aromatic carbocycles. The van der Waals surface area contributed by atoms with E-state index >= 15 is 0 Å². The highest BCUT2D eigenvalue weighted by Crippen LogP contribution is 2.54. The monoisotopic (exact) mass is 730 g/mol. The van der Waals surface area contributed by atoms with Crippen molar-refractivity contribution in [1.29, 1.82) is 0 Å². The Hall–Kier alpha value is -1.29. The molecule has 12 heteroatoms. The average molecular weight is 731 g/mol. The van der Waals surface area contributed by atoms with Crippen LogP contribution >= 0.6 is 0 Å². The van der Waals surface area contributed by atoms with Gasteiger partial charge in [0.1, 0.15) is 36.3 Å². The van der Waals surface area contributed by atoms with Gasteiger partial charge in [0.25, 0.3) is 0 Å². The molecular weight excluding hydrogens is 672 g/mol. The van der Waals surface area contributed by atoms with Crippen LogP contribution in [0.4, 0.5) is 0 Å². The van der Waals surface area contributed by atoms with Gasteiger partial charge in [-0.1, -0.05) is 20.1 Å². The molecule has 10 saturated heterocycles.